The van der Waals surface area contributed by atoms with Crippen molar-refractivity contribution < 1.29 is 4.74 Å². The predicted molar refractivity (Wildman–Crippen MR) is 104 cm³/mol. The highest BCUT2D eigenvalue weighted by Crippen LogP contribution is 2.29. The van der Waals surface area contributed by atoms with Gasteiger partial charge in [0.1, 0.15) is 11.4 Å². The smallest absolute Gasteiger partial charge is 0.127 e. The number of hydrogen-bond acceptors (Lipinski definition) is 1. The van der Waals surface area contributed by atoms with Crippen molar-refractivity contribution in [3.05, 3.63) is 90.5 Å². The summed E-state index contributed by atoms with van der Waals surface area (Å²) in [6.45, 7) is 7.85. The molecule has 0 N–H and O–H groups in total. The van der Waals surface area contributed by atoms with Gasteiger partial charge in [0, 0.05) is 5.56 Å². The molecular weight excluding hydrogens is 292 g/mol. The van der Waals surface area contributed by atoms with Gasteiger partial charge in [-0.25, -0.2) is 0 Å². The van der Waals surface area contributed by atoms with Crippen molar-refractivity contribution >= 4 is 22.9 Å². The van der Waals surface area contributed by atoms with Crippen molar-refractivity contribution in [3.8, 4) is 5.75 Å². The Bertz CT molecular complexity index is 887. The lowest BCUT2D eigenvalue weighted by molar-refractivity contribution is 0.159. The Labute approximate surface area is 143 Å². The lowest BCUT2D eigenvalue weighted by atomic mass is 10.0. The molecule has 0 atom stereocenters. The number of hydrogen-bond donors (Lipinski definition) is 0. The van der Waals surface area contributed by atoms with Crippen LogP contribution in [0.4, 0.5) is 0 Å². The lowest BCUT2D eigenvalue weighted by Gasteiger charge is -2.27. The van der Waals surface area contributed by atoms with Crippen LogP contribution >= 0.6 is 0 Å². The Morgan fingerprint density at radius 3 is 2.38 bits per heavy atom. The zero-order valence-electron chi connectivity index (χ0n) is 14.2. The topological polar surface area (TPSA) is 9.23 Å². The molecule has 24 heavy (non-hydrogen) atoms. The van der Waals surface area contributed by atoms with E-state index < -0.39 is 0 Å². The predicted octanol–water partition coefficient (Wildman–Crippen LogP) is 6.35. The Hall–Kier alpha value is -2.80. The summed E-state index contributed by atoms with van der Waals surface area (Å²) in [4.78, 5) is 0. The molecule has 1 nitrogen and oxygen atoms in total. The molecule has 1 heterocycles. The van der Waals surface area contributed by atoms with Crippen molar-refractivity contribution in [1.29, 1.82) is 0 Å². The molecule has 0 amide bonds. The third kappa shape index (κ3) is 3.75. The molecule has 0 radical (unpaired) electrons. The molecule has 3 aromatic rings. The van der Waals surface area contributed by atoms with Gasteiger partial charge in [-0.05, 0) is 48.4 Å². The van der Waals surface area contributed by atoms with Gasteiger partial charge in [-0.15, -0.1) is 0 Å². The number of benzene rings is 3. The van der Waals surface area contributed by atoms with E-state index in [9.17, 15) is 0 Å². The molecule has 1 heteroatoms. The fourth-order valence-electron chi connectivity index (χ4n) is 2.65. The van der Waals surface area contributed by atoms with E-state index in [0.29, 0.717) is 0 Å². The summed E-state index contributed by atoms with van der Waals surface area (Å²) in [5.74, 6) is 0.977. The number of fused-ring (bicyclic) bond motifs is 2. The van der Waals surface area contributed by atoms with Gasteiger partial charge in [0.2, 0.25) is 0 Å². The molecule has 0 fully saturated rings. The van der Waals surface area contributed by atoms with E-state index in [-0.39, 0.29) is 5.60 Å². The Morgan fingerprint density at radius 1 is 0.875 bits per heavy atom. The van der Waals surface area contributed by atoms with Crippen molar-refractivity contribution in [1.82, 2.24) is 0 Å². The number of rotatable bonds is 1. The molecule has 0 spiro atoms. The number of para-hydroxylation sites is 1. The molecule has 0 aromatic heterocycles. The normalized spacial score (nSPS) is 14.1. The summed E-state index contributed by atoms with van der Waals surface area (Å²) in [5.41, 5.74) is 2.18. The molecule has 0 unspecified atom stereocenters. The molecule has 0 saturated carbocycles. The zero-order valence-corrected chi connectivity index (χ0v) is 14.2. The summed E-state index contributed by atoms with van der Waals surface area (Å²) >= 11 is 0. The molecular formula is C23H22O. The molecule has 1 aliphatic rings. The van der Waals surface area contributed by atoms with Gasteiger partial charge < -0.3 is 4.74 Å². The highest BCUT2D eigenvalue weighted by molar-refractivity contribution is 5.84. The molecule has 0 bridgehead atoms. The van der Waals surface area contributed by atoms with Crippen LogP contribution in [0.15, 0.2) is 79.4 Å². The summed E-state index contributed by atoms with van der Waals surface area (Å²) in [6.07, 6.45) is 6.06. The van der Waals surface area contributed by atoms with Gasteiger partial charge >= 0.3 is 0 Å². The largest absolute Gasteiger partial charge is 0.483 e. The Balaban J connectivity index is 0.000000141. The van der Waals surface area contributed by atoms with Crippen LogP contribution in [0.25, 0.3) is 22.9 Å². The van der Waals surface area contributed by atoms with Gasteiger partial charge in [0.15, 0.2) is 0 Å². The number of ether oxygens (including phenoxy) is 1. The van der Waals surface area contributed by atoms with Crippen molar-refractivity contribution in [2.24, 2.45) is 0 Å². The van der Waals surface area contributed by atoms with Crippen LogP contribution in [0, 0.1) is 0 Å². The van der Waals surface area contributed by atoms with Gasteiger partial charge in [0.25, 0.3) is 0 Å². The molecule has 4 rings (SSSR count). The second kappa shape index (κ2) is 6.76. The highest BCUT2D eigenvalue weighted by atomic mass is 16.5. The first kappa shape index (κ1) is 16.1. The molecule has 1 aliphatic heterocycles. The molecule has 0 aliphatic carbocycles. The fourth-order valence-corrected chi connectivity index (χ4v) is 2.65. The second-order valence-corrected chi connectivity index (χ2v) is 6.39. The highest BCUT2D eigenvalue weighted by Gasteiger charge is 2.20. The third-order valence-electron chi connectivity index (χ3n) is 3.97. The van der Waals surface area contributed by atoms with Crippen molar-refractivity contribution in [3.63, 3.8) is 0 Å². The van der Waals surface area contributed by atoms with Crippen LogP contribution in [0.1, 0.15) is 25.0 Å². The average Bonchev–Trinajstić information content (AvgIpc) is 2.61. The molecule has 0 saturated heterocycles. The van der Waals surface area contributed by atoms with E-state index in [2.05, 4.69) is 81.1 Å². The lowest BCUT2D eigenvalue weighted by Crippen LogP contribution is -2.27. The summed E-state index contributed by atoms with van der Waals surface area (Å²) in [7, 11) is 0. The van der Waals surface area contributed by atoms with E-state index in [4.69, 9.17) is 4.74 Å². The van der Waals surface area contributed by atoms with Crippen LogP contribution in [0.5, 0.6) is 5.75 Å². The van der Waals surface area contributed by atoms with E-state index in [1.807, 2.05) is 24.3 Å². The first-order chi connectivity index (χ1) is 11.6. The van der Waals surface area contributed by atoms with E-state index in [1.54, 1.807) is 0 Å². The second-order valence-electron chi connectivity index (χ2n) is 6.39. The van der Waals surface area contributed by atoms with Crippen LogP contribution in [-0.2, 0) is 0 Å². The van der Waals surface area contributed by atoms with Crippen LogP contribution in [0.2, 0.25) is 0 Å². The van der Waals surface area contributed by atoms with Crippen LogP contribution in [-0.4, -0.2) is 5.60 Å². The summed E-state index contributed by atoms with van der Waals surface area (Å²) < 4.78 is 5.73. The SMILES string of the molecule is C=Cc1ccc2ccccc2c1.CC1(C)C=Cc2ccccc2O1. The maximum absolute atomic E-state index is 5.73. The van der Waals surface area contributed by atoms with E-state index >= 15 is 0 Å². The maximum Gasteiger partial charge on any atom is 0.127 e. The molecule has 120 valence electrons. The van der Waals surface area contributed by atoms with Gasteiger partial charge in [-0.2, -0.15) is 0 Å². The third-order valence-corrected chi connectivity index (χ3v) is 3.97. The quantitative estimate of drug-likeness (QED) is 0.508. The van der Waals surface area contributed by atoms with Crippen LogP contribution in [0.3, 0.4) is 0 Å². The Kier molecular flexibility index (Phi) is 4.52. The first-order valence-corrected chi connectivity index (χ1v) is 8.16. The fraction of sp³-hybridized carbons (Fsp3) is 0.130. The summed E-state index contributed by atoms with van der Waals surface area (Å²) in [6, 6.07) is 22.7. The van der Waals surface area contributed by atoms with Gasteiger partial charge in [0.05, 0.1) is 0 Å². The zero-order chi connectivity index (χ0) is 17.0. The minimum absolute atomic E-state index is 0.158. The van der Waals surface area contributed by atoms with Gasteiger partial charge in [-0.1, -0.05) is 73.3 Å². The van der Waals surface area contributed by atoms with E-state index in [0.717, 1.165) is 11.3 Å². The van der Waals surface area contributed by atoms with Crippen molar-refractivity contribution in [2.75, 3.05) is 0 Å². The minimum Gasteiger partial charge on any atom is -0.483 e. The van der Waals surface area contributed by atoms with Gasteiger partial charge in [-0.3, -0.25) is 0 Å². The van der Waals surface area contributed by atoms with Crippen LogP contribution < -0.4 is 4.74 Å². The minimum atomic E-state index is -0.158. The van der Waals surface area contributed by atoms with Crippen molar-refractivity contribution in [2.45, 2.75) is 19.4 Å². The Morgan fingerprint density at radius 2 is 1.58 bits per heavy atom. The maximum atomic E-state index is 5.73. The average molecular weight is 314 g/mol. The molecule has 3 aromatic carbocycles. The summed E-state index contributed by atoms with van der Waals surface area (Å²) in [5, 5.41) is 2.55. The standard InChI is InChI=1S/C12H10.C11H12O/c1-2-10-7-8-11-5-3-4-6-12(11)9-10;1-11(2)8-7-9-5-3-4-6-10(9)12-11/h2-9H,1H2;3-8H,1-2H3. The first-order valence-electron chi connectivity index (χ1n) is 8.16. The van der Waals surface area contributed by atoms with E-state index in [1.165, 1.54) is 16.3 Å². The monoisotopic (exact) mass is 314 g/mol.